The third-order valence-electron chi connectivity index (χ3n) is 3.51. The highest BCUT2D eigenvalue weighted by Crippen LogP contribution is 2.11. The predicted octanol–water partition coefficient (Wildman–Crippen LogP) is 0.599. The van der Waals surface area contributed by atoms with E-state index < -0.39 is 10.0 Å². The summed E-state index contributed by atoms with van der Waals surface area (Å²) in [5, 5.41) is 7.72. The Balaban J connectivity index is 1.83. The SMILES string of the molecule is NS(=O)(=O)c1ccc(CCNC(=O)N2CCCCC2=O)cc1. The topological polar surface area (TPSA) is 110 Å². The lowest BCUT2D eigenvalue weighted by molar-refractivity contribution is -0.130. The van der Waals surface area contributed by atoms with Crippen LogP contribution in [0.5, 0.6) is 0 Å². The number of imide groups is 1. The van der Waals surface area contributed by atoms with Gasteiger partial charge in [0, 0.05) is 19.5 Å². The van der Waals surface area contributed by atoms with Crippen molar-refractivity contribution in [3.8, 4) is 0 Å². The van der Waals surface area contributed by atoms with Crippen molar-refractivity contribution < 1.29 is 18.0 Å². The summed E-state index contributed by atoms with van der Waals surface area (Å²) >= 11 is 0. The molecule has 1 aliphatic heterocycles. The van der Waals surface area contributed by atoms with E-state index in [0.717, 1.165) is 18.4 Å². The molecule has 1 aromatic carbocycles. The first-order chi connectivity index (χ1) is 10.4. The molecule has 0 unspecified atom stereocenters. The quantitative estimate of drug-likeness (QED) is 0.844. The first-order valence-electron chi connectivity index (χ1n) is 7.08. The molecule has 0 aromatic heterocycles. The third-order valence-corrected chi connectivity index (χ3v) is 4.44. The molecule has 0 atom stereocenters. The Hall–Kier alpha value is -1.93. The normalized spacial score (nSPS) is 15.7. The Labute approximate surface area is 129 Å². The molecule has 1 fully saturated rings. The highest BCUT2D eigenvalue weighted by Gasteiger charge is 2.23. The van der Waals surface area contributed by atoms with Gasteiger partial charge in [0.2, 0.25) is 15.9 Å². The molecule has 1 aromatic rings. The number of primary sulfonamides is 1. The van der Waals surface area contributed by atoms with E-state index in [1.807, 2.05) is 0 Å². The molecular formula is C14H19N3O4S. The van der Waals surface area contributed by atoms with E-state index in [1.165, 1.54) is 17.0 Å². The van der Waals surface area contributed by atoms with Crippen LogP contribution in [0.1, 0.15) is 24.8 Å². The fraction of sp³-hybridized carbons (Fsp3) is 0.429. The fourth-order valence-electron chi connectivity index (χ4n) is 2.28. The van der Waals surface area contributed by atoms with Crippen LogP contribution in [0.4, 0.5) is 4.79 Å². The molecule has 3 N–H and O–H groups in total. The number of rotatable bonds is 4. The summed E-state index contributed by atoms with van der Waals surface area (Å²) < 4.78 is 22.3. The van der Waals surface area contributed by atoms with E-state index in [4.69, 9.17) is 5.14 Å². The maximum Gasteiger partial charge on any atom is 0.324 e. The third kappa shape index (κ3) is 4.28. The average Bonchev–Trinajstić information content (AvgIpc) is 2.47. The zero-order valence-electron chi connectivity index (χ0n) is 12.1. The van der Waals surface area contributed by atoms with E-state index in [0.29, 0.717) is 25.9 Å². The molecule has 1 heterocycles. The van der Waals surface area contributed by atoms with Crippen LogP contribution >= 0.6 is 0 Å². The monoisotopic (exact) mass is 325 g/mol. The number of hydrogen-bond donors (Lipinski definition) is 2. The molecule has 1 aliphatic rings. The van der Waals surface area contributed by atoms with Crippen LogP contribution in [-0.2, 0) is 21.2 Å². The summed E-state index contributed by atoms with van der Waals surface area (Å²) in [4.78, 5) is 24.8. The van der Waals surface area contributed by atoms with Crippen molar-refractivity contribution in [3.63, 3.8) is 0 Å². The second kappa shape index (κ2) is 6.89. The number of nitrogens with zero attached hydrogens (tertiary/aromatic N) is 1. The largest absolute Gasteiger partial charge is 0.337 e. The number of likely N-dealkylation sites (tertiary alicyclic amines) is 1. The zero-order valence-corrected chi connectivity index (χ0v) is 12.9. The van der Waals surface area contributed by atoms with Crippen molar-refractivity contribution >= 4 is 22.0 Å². The minimum Gasteiger partial charge on any atom is -0.337 e. The van der Waals surface area contributed by atoms with Gasteiger partial charge in [-0.25, -0.2) is 18.4 Å². The summed E-state index contributed by atoms with van der Waals surface area (Å²) in [7, 11) is -3.69. The van der Waals surface area contributed by atoms with Gasteiger partial charge < -0.3 is 5.32 Å². The number of nitrogens with two attached hydrogens (primary N) is 1. The number of hydrogen-bond acceptors (Lipinski definition) is 4. The van der Waals surface area contributed by atoms with E-state index in [-0.39, 0.29) is 16.8 Å². The van der Waals surface area contributed by atoms with Crippen LogP contribution in [-0.4, -0.2) is 38.3 Å². The lowest BCUT2D eigenvalue weighted by Gasteiger charge is -2.24. The standard InChI is InChI=1S/C14H19N3O4S/c15-22(20,21)12-6-4-11(5-7-12)8-9-16-14(19)17-10-2-1-3-13(17)18/h4-7H,1-3,8-10H2,(H,16,19)(H2,15,20,21). The van der Waals surface area contributed by atoms with Gasteiger partial charge in [-0.05, 0) is 37.0 Å². The summed E-state index contributed by atoms with van der Waals surface area (Å²) in [5.41, 5.74) is 0.873. The number of piperidine rings is 1. The van der Waals surface area contributed by atoms with Crippen molar-refractivity contribution in [3.05, 3.63) is 29.8 Å². The molecule has 7 nitrogen and oxygen atoms in total. The summed E-state index contributed by atoms with van der Waals surface area (Å²) in [6.45, 7) is 0.838. The number of sulfonamides is 1. The minimum atomic E-state index is -3.69. The summed E-state index contributed by atoms with van der Waals surface area (Å²) in [6, 6.07) is 5.79. The average molecular weight is 325 g/mol. The van der Waals surface area contributed by atoms with Crippen LogP contribution in [0.2, 0.25) is 0 Å². The Kier molecular flexibility index (Phi) is 5.15. The second-order valence-electron chi connectivity index (χ2n) is 5.17. The fourth-order valence-corrected chi connectivity index (χ4v) is 2.79. The maximum absolute atomic E-state index is 11.9. The molecule has 3 amide bonds. The van der Waals surface area contributed by atoms with Crippen LogP contribution in [0.15, 0.2) is 29.2 Å². The van der Waals surface area contributed by atoms with E-state index in [2.05, 4.69) is 5.32 Å². The van der Waals surface area contributed by atoms with Gasteiger partial charge in [0.1, 0.15) is 0 Å². The highest BCUT2D eigenvalue weighted by atomic mass is 32.2. The van der Waals surface area contributed by atoms with Crippen molar-refractivity contribution in [1.82, 2.24) is 10.2 Å². The number of carbonyl (C=O) groups excluding carboxylic acids is 2. The number of carbonyl (C=O) groups is 2. The molecule has 8 heteroatoms. The Morgan fingerprint density at radius 1 is 1.23 bits per heavy atom. The zero-order chi connectivity index (χ0) is 16.2. The Morgan fingerprint density at radius 3 is 2.50 bits per heavy atom. The van der Waals surface area contributed by atoms with Crippen molar-refractivity contribution in [2.45, 2.75) is 30.6 Å². The molecule has 2 rings (SSSR count). The summed E-state index contributed by atoms with van der Waals surface area (Å²) in [5.74, 6) is -0.138. The van der Waals surface area contributed by atoms with Crippen molar-refractivity contribution in [2.24, 2.45) is 5.14 Å². The van der Waals surface area contributed by atoms with Crippen LogP contribution in [0.3, 0.4) is 0 Å². The molecule has 0 spiro atoms. The smallest absolute Gasteiger partial charge is 0.324 e. The Morgan fingerprint density at radius 2 is 1.91 bits per heavy atom. The van der Waals surface area contributed by atoms with E-state index in [1.54, 1.807) is 12.1 Å². The molecule has 1 saturated heterocycles. The first kappa shape index (κ1) is 16.4. The van der Waals surface area contributed by atoms with Gasteiger partial charge in [-0.1, -0.05) is 12.1 Å². The molecule has 0 bridgehead atoms. The number of amides is 3. The van der Waals surface area contributed by atoms with Gasteiger partial charge in [-0.3, -0.25) is 9.69 Å². The predicted molar refractivity (Wildman–Crippen MR) is 80.5 cm³/mol. The molecule has 22 heavy (non-hydrogen) atoms. The van der Waals surface area contributed by atoms with Gasteiger partial charge in [0.05, 0.1) is 4.90 Å². The maximum atomic E-state index is 11.9. The molecule has 0 saturated carbocycles. The van der Waals surface area contributed by atoms with Gasteiger partial charge in [-0.15, -0.1) is 0 Å². The number of urea groups is 1. The van der Waals surface area contributed by atoms with E-state index in [9.17, 15) is 18.0 Å². The Bertz CT molecular complexity index is 655. The molecule has 0 aliphatic carbocycles. The first-order valence-corrected chi connectivity index (χ1v) is 8.62. The van der Waals surface area contributed by atoms with Crippen LogP contribution < -0.4 is 10.5 Å². The molecule has 120 valence electrons. The van der Waals surface area contributed by atoms with Gasteiger partial charge in [0.15, 0.2) is 0 Å². The lowest BCUT2D eigenvalue weighted by Crippen LogP contribution is -2.46. The van der Waals surface area contributed by atoms with E-state index >= 15 is 0 Å². The van der Waals surface area contributed by atoms with Crippen LogP contribution in [0, 0.1) is 0 Å². The number of nitrogens with one attached hydrogen (secondary N) is 1. The van der Waals surface area contributed by atoms with Gasteiger partial charge in [-0.2, -0.15) is 0 Å². The summed E-state index contributed by atoms with van der Waals surface area (Å²) in [6.07, 6.45) is 2.63. The van der Waals surface area contributed by atoms with Gasteiger partial charge in [0.25, 0.3) is 0 Å². The second-order valence-corrected chi connectivity index (χ2v) is 6.73. The van der Waals surface area contributed by atoms with Gasteiger partial charge >= 0.3 is 6.03 Å². The molecule has 0 radical (unpaired) electrons. The molecular weight excluding hydrogens is 306 g/mol. The van der Waals surface area contributed by atoms with Crippen molar-refractivity contribution in [2.75, 3.05) is 13.1 Å². The lowest BCUT2D eigenvalue weighted by atomic mass is 10.1. The van der Waals surface area contributed by atoms with Crippen molar-refractivity contribution in [1.29, 1.82) is 0 Å². The number of benzene rings is 1. The van der Waals surface area contributed by atoms with Crippen LogP contribution in [0.25, 0.3) is 0 Å². The minimum absolute atomic E-state index is 0.0548. The highest BCUT2D eigenvalue weighted by molar-refractivity contribution is 7.89.